The van der Waals surface area contributed by atoms with Crippen LogP contribution in [0.15, 0.2) is 69.3 Å². The molecule has 1 N–H and O–H groups in total. The van der Waals surface area contributed by atoms with E-state index in [1.165, 1.54) is 0 Å². The number of aromatic hydroxyl groups is 1. The van der Waals surface area contributed by atoms with E-state index in [1.54, 1.807) is 11.6 Å². The van der Waals surface area contributed by atoms with Crippen LogP contribution in [0.4, 0.5) is 11.5 Å². The van der Waals surface area contributed by atoms with Crippen LogP contribution >= 0.6 is 15.9 Å². The van der Waals surface area contributed by atoms with Gasteiger partial charge in [-0.05, 0) is 36.4 Å². The van der Waals surface area contributed by atoms with Crippen LogP contribution in [0, 0.1) is 0 Å². The summed E-state index contributed by atoms with van der Waals surface area (Å²) in [5, 5.41) is 20.7. The molecule has 0 amide bonds. The minimum atomic E-state index is 0.0765. The molecule has 0 bridgehead atoms. The number of para-hydroxylation sites is 1. The molecule has 0 aliphatic heterocycles. The Bertz CT molecular complexity index is 1100. The third kappa shape index (κ3) is 2.45. The lowest BCUT2D eigenvalue weighted by Gasteiger charge is -1.97. The number of hydrogen-bond donors (Lipinski definition) is 1. The Morgan fingerprint density at radius 1 is 1.04 bits per heavy atom. The second-order valence-electron chi connectivity index (χ2n) is 5.45. The molecule has 0 unspecified atom stereocenters. The Hall–Kier alpha value is -2.73. The number of aryl methyl sites for hydroxylation is 1. The Labute approximate surface area is 146 Å². The van der Waals surface area contributed by atoms with E-state index in [4.69, 9.17) is 0 Å². The number of nitrogens with zero attached hydrogens (tertiary/aromatic N) is 4. The summed E-state index contributed by atoms with van der Waals surface area (Å²) < 4.78 is 2.60. The zero-order valence-electron chi connectivity index (χ0n) is 12.8. The van der Waals surface area contributed by atoms with Crippen LogP contribution in [0.5, 0.6) is 5.88 Å². The molecule has 4 aromatic rings. The topological polar surface area (TPSA) is 62.8 Å². The highest BCUT2D eigenvalue weighted by molar-refractivity contribution is 9.10. The normalized spacial score (nSPS) is 11.8. The van der Waals surface area contributed by atoms with Crippen LogP contribution in [-0.2, 0) is 7.05 Å². The lowest BCUT2D eigenvalue weighted by molar-refractivity contribution is 0.436. The first-order chi connectivity index (χ1) is 11.6. The van der Waals surface area contributed by atoms with Gasteiger partial charge < -0.3 is 9.67 Å². The maximum absolute atomic E-state index is 10.3. The molecule has 6 heteroatoms. The maximum Gasteiger partial charge on any atom is 0.220 e. The number of azo groups is 1. The Morgan fingerprint density at radius 3 is 2.75 bits per heavy atom. The number of pyridine rings is 1. The van der Waals surface area contributed by atoms with Crippen molar-refractivity contribution in [3.05, 3.63) is 59.1 Å². The van der Waals surface area contributed by atoms with E-state index < -0.39 is 0 Å². The van der Waals surface area contributed by atoms with Gasteiger partial charge >= 0.3 is 0 Å². The largest absolute Gasteiger partial charge is 0.493 e. The molecule has 4 rings (SSSR count). The van der Waals surface area contributed by atoms with E-state index >= 15 is 0 Å². The van der Waals surface area contributed by atoms with Gasteiger partial charge in [-0.1, -0.05) is 34.1 Å². The van der Waals surface area contributed by atoms with Crippen molar-refractivity contribution in [3.63, 3.8) is 0 Å². The monoisotopic (exact) mass is 380 g/mol. The van der Waals surface area contributed by atoms with Crippen LogP contribution in [0.3, 0.4) is 0 Å². The van der Waals surface area contributed by atoms with E-state index in [0.29, 0.717) is 11.5 Å². The average molecular weight is 381 g/mol. The molecule has 118 valence electrons. The third-order valence-corrected chi connectivity index (χ3v) is 4.43. The molecular formula is C18H13BrN4O. The van der Waals surface area contributed by atoms with E-state index in [2.05, 4.69) is 31.1 Å². The Morgan fingerprint density at radius 2 is 1.88 bits per heavy atom. The smallest absolute Gasteiger partial charge is 0.220 e. The number of benzene rings is 2. The molecule has 0 saturated carbocycles. The fraction of sp³-hybridized carbons (Fsp3) is 0.0556. The number of halogens is 1. The minimum Gasteiger partial charge on any atom is -0.493 e. The van der Waals surface area contributed by atoms with E-state index in [9.17, 15) is 5.11 Å². The highest BCUT2D eigenvalue weighted by Gasteiger charge is 2.14. The van der Waals surface area contributed by atoms with E-state index in [-0.39, 0.29) is 5.88 Å². The molecule has 24 heavy (non-hydrogen) atoms. The Kier molecular flexibility index (Phi) is 3.54. The van der Waals surface area contributed by atoms with E-state index in [1.807, 2.05) is 54.6 Å². The first kappa shape index (κ1) is 14.8. The number of hydrogen-bond acceptors (Lipinski definition) is 4. The van der Waals surface area contributed by atoms with Crippen molar-refractivity contribution in [2.45, 2.75) is 0 Å². The van der Waals surface area contributed by atoms with Crippen molar-refractivity contribution in [2.75, 3.05) is 0 Å². The number of aromatic nitrogens is 2. The van der Waals surface area contributed by atoms with Crippen LogP contribution in [-0.4, -0.2) is 14.7 Å². The van der Waals surface area contributed by atoms with Gasteiger partial charge in [-0.3, -0.25) is 0 Å². The molecule has 2 aromatic carbocycles. The molecule has 2 heterocycles. The van der Waals surface area contributed by atoms with Gasteiger partial charge in [0.2, 0.25) is 5.88 Å². The molecule has 0 fully saturated rings. The average Bonchev–Trinajstić information content (AvgIpc) is 2.83. The van der Waals surface area contributed by atoms with E-state index in [0.717, 1.165) is 26.3 Å². The van der Waals surface area contributed by atoms with Crippen molar-refractivity contribution in [2.24, 2.45) is 17.3 Å². The van der Waals surface area contributed by atoms with Crippen molar-refractivity contribution in [3.8, 4) is 5.88 Å². The van der Waals surface area contributed by atoms with Crippen LogP contribution in [0.25, 0.3) is 21.8 Å². The van der Waals surface area contributed by atoms with Gasteiger partial charge in [-0.25, -0.2) is 4.98 Å². The summed E-state index contributed by atoms with van der Waals surface area (Å²) in [7, 11) is 1.79. The fourth-order valence-corrected chi connectivity index (χ4v) is 3.06. The molecule has 0 radical (unpaired) electrons. The van der Waals surface area contributed by atoms with Crippen LogP contribution in [0.1, 0.15) is 0 Å². The summed E-state index contributed by atoms with van der Waals surface area (Å²) in [4.78, 5) is 4.47. The second kappa shape index (κ2) is 5.72. The van der Waals surface area contributed by atoms with Gasteiger partial charge in [-0.2, -0.15) is 0 Å². The predicted octanol–water partition coefficient (Wildman–Crippen LogP) is 5.61. The molecule has 0 spiro atoms. The fourth-order valence-electron chi connectivity index (χ4n) is 2.69. The highest BCUT2D eigenvalue weighted by Crippen LogP contribution is 2.39. The minimum absolute atomic E-state index is 0.0765. The quantitative estimate of drug-likeness (QED) is 0.459. The number of fused-ring (bicyclic) bond motifs is 2. The van der Waals surface area contributed by atoms with Gasteiger partial charge in [-0.15, -0.1) is 10.2 Å². The van der Waals surface area contributed by atoms with Crippen molar-refractivity contribution in [1.29, 1.82) is 0 Å². The summed E-state index contributed by atoms with van der Waals surface area (Å²) in [6.07, 6.45) is 0. The maximum atomic E-state index is 10.3. The molecule has 0 aliphatic rings. The zero-order valence-corrected chi connectivity index (χ0v) is 14.4. The van der Waals surface area contributed by atoms with Crippen LogP contribution < -0.4 is 0 Å². The zero-order chi connectivity index (χ0) is 16.7. The Balaban J connectivity index is 1.81. The van der Waals surface area contributed by atoms with Crippen molar-refractivity contribution >= 4 is 49.2 Å². The van der Waals surface area contributed by atoms with Gasteiger partial charge in [0.15, 0.2) is 11.5 Å². The summed E-state index contributed by atoms with van der Waals surface area (Å²) in [6.45, 7) is 0. The molecular weight excluding hydrogens is 368 g/mol. The number of rotatable bonds is 2. The van der Waals surface area contributed by atoms with Gasteiger partial charge in [0, 0.05) is 22.3 Å². The van der Waals surface area contributed by atoms with Gasteiger partial charge in [0.25, 0.3) is 0 Å². The lowest BCUT2D eigenvalue weighted by Crippen LogP contribution is -1.84. The molecule has 0 aliphatic carbocycles. The highest BCUT2D eigenvalue weighted by atomic mass is 79.9. The van der Waals surface area contributed by atoms with Crippen molar-refractivity contribution in [1.82, 2.24) is 9.55 Å². The summed E-state index contributed by atoms with van der Waals surface area (Å²) >= 11 is 3.45. The second-order valence-corrected chi connectivity index (χ2v) is 6.37. The van der Waals surface area contributed by atoms with Crippen LogP contribution in [0.2, 0.25) is 0 Å². The first-order valence-electron chi connectivity index (χ1n) is 7.38. The summed E-state index contributed by atoms with van der Waals surface area (Å²) in [6, 6.07) is 17.4. The summed E-state index contributed by atoms with van der Waals surface area (Å²) in [5.41, 5.74) is 2.18. The summed E-state index contributed by atoms with van der Waals surface area (Å²) in [5.74, 6) is 0.577. The SMILES string of the molecule is Cn1c(O)c(N=Nc2ccc3ccccc3n2)c2cc(Br)ccc21. The molecule has 0 atom stereocenters. The van der Waals surface area contributed by atoms with Crippen molar-refractivity contribution < 1.29 is 5.11 Å². The molecule has 2 aromatic heterocycles. The molecule has 5 nitrogen and oxygen atoms in total. The third-order valence-electron chi connectivity index (χ3n) is 3.94. The van der Waals surface area contributed by atoms with Gasteiger partial charge in [0.05, 0.1) is 11.0 Å². The lowest BCUT2D eigenvalue weighted by atomic mass is 10.2. The predicted molar refractivity (Wildman–Crippen MR) is 98.2 cm³/mol. The first-order valence-corrected chi connectivity index (χ1v) is 8.17. The standard InChI is InChI=1S/C18H13BrN4O/c1-23-15-8-7-12(19)10-13(15)17(18(23)24)22-21-16-9-6-11-4-2-3-5-14(11)20-16/h2-10,24H,1H3. The molecule has 0 saturated heterocycles. The van der Waals surface area contributed by atoms with Gasteiger partial charge in [0.1, 0.15) is 0 Å².